The van der Waals surface area contributed by atoms with E-state index in [4.69, 9.17) is 11.6 Å². The van der Waals surface area contributed by atoms with Gasteiger partial charge in [-0.25, -0.2) is 4.39 Å². The van der Waals surface area contributed by atoms with Gasteiger partial charge in [-0.1, -0.05) is 23.7 Å². The maximum absolute atomic E-state index is 13.8. The second-order valence-electron chi connectivity index (χ2n) is 7.37. The van der Waals surface area contributed by atoms with Crippen LogP contribution < -0.4 is 5.56 Å². The molecule has 0 radical (unpaired) electrons. The van der Waals surface area contributed by atoms with E-state index in [9.17, 15) is 18.8 Å². The Morgan fingerprint density at radius 1 is 1.21 bits per heavy atom. The zero-order chi connectivity index (χ0) is 20.0. The van der Waals surface area contributed by atoms with E-state index in [1.807, 2.05) is 6.07 Å². The van der Waals surface area contributed by atoms with Gasteiger partial charge in [0.2, 0.25) is 5.91 Å². The lowest BCUT2D eigenvalue weighted by atomic mass is 9.89. The second-order valence-corrected chi connectivity index (χ2v) is 7.78. The van der Waals surface area contributed by atoms with Gasteiger partial charge in [0, 0.05) is 44.6 Å². The van der Waals surface area contributed by atoms with Crippen molar-refractivity contribution in [2.45, 2.75) is 13.0 Å². The van der Waals surface area contributed by atoms with Gasteiger partial charge in [-0.05, 0) is 23.8 Å². The lowest BCUT2D eigenvalue weighted by Crippen LogP contribution is -2.36. The summed E-state index contributed by atoms with van der Waals surface area (Å²) >= 11 is 5.84. The summed E-state index contributed by atoms with van der Waals surface area (Å²) in [4.78, 5) is 42.4. The van der Waals surface area contributed by atoms with E-state index in [0.29, 0.717) is 25.2 Å². The summed E-state index contributed by atoms with van der Waals surface area (Å²) in [5, 5.41) is -0.0365. The molecule has 4 rings (SSSR count). The number of hydrogen-bond donors (Lipinski definition) is 1. The first-order valence-electron chi connectivity index (χ1n) is 9.05. The molecule has 6 nitrogen and oxygen atoms in total. The van der Waals surface area contributed by atoms with Gasteiger partial charge >= 0.3 is 0 Å². The van der Waals surface area contributed by atoms with Crippen LogP contribution in [-0.2, 0) is 4.79 Å². The molecule has 1 aromatic heterocycles. The number of carbonyl (C=O) groups is 2. The average Bonchev–Trinajstić information content (AvgIpc) is 3.21. The molecule has 8 heteroatoms. The van der Waals surface area contributed by atoms with Crippen LogP contribution >= 0.6 is 11.6 Å². The summed E-state index contributed by atoms with van der Waals surface area (Å²) in [5.74, 6) is -0.501. The minimum Gasteiger partial charge on any atom is -0.338 e. The Balaban J connectivity index is 1.60. The Bertz CT molecular complexity index is 1010. The number of hydrogen-bond acceptors (Lipinski definition) is 3. The summed E-state index contributed by atoms with van der Waals surface area (Å²) in [7, 11) is 0. The van der Waals surface area contributed by atoms with Gasteiger partial charge in [0.25, 0.3) is 11.5 Å². The van der Waals surface area contributed by atoms with Crippen LogP contribution in [0.15, 0.2) is 41.3 Å². The highest BCUT2D eigenvalue weighted by Gasteiger charge is 2.49. The smallest absolute Gasteiger partial charge is 0.266 e. The van der Waals surface area contributed by atoms with Crippen molar-refractivity contribution in [1.29, 1.82) is 0 Å². The van der Waals surface area contributed by atoms with Crippen LogP contribution in [0.3, 0.4) is 0 Å². The molecule has 2 aliphatic heterocycles. The highest BCUT2D eigenvalue weighted by molar-refractivity contribution is 6.30. The summed E-state index contributed by atoms with van der Waals surface area (Å²) in [5.41, 5.74) is 0.610. The standard InChI is InChI=1S/C20H19ClFN3O3/c1-11(26)25-9-14-8-24(20(28)13-6-17(21)19(27)23-7-13)10-16(14)18(25)12-3-2-4-15(22)5-12/h2-7,14,16,18H,8-10H2,1H3,(H,23,27)/t14-,16-,18-/m1/s1. The van der Waals surface area contributed by atoms with Crippen molar-refractivity contribution in [3.05, 3.63) is 68.8 Å². The zero-order valence-corrected chi connectivity index (χ0v) is 15.9. The van der Waals surface area contributed by atoms with Crippen LogP contribution in [0.1, 0.15) is 28.9 Å². The number of aromatic amines is 1. The topological polar surface area (TPSA) is 73.5 Å². The van der Waals surface area contributed by atoms with Crippen molar-refractivity contribution in [3.63, 3.8) is 0 Å². The van der Waals surface area contributed by atoms with Crippen LogP contribution in [0, 0.1) is 17.7 Å². The first kappa shape index (κ1) is 18.7. The number of H-pyrrole nitrogens is 1. The van der Waals surface area contributed by atoms with Gasteiger partial charge < -0.3 is 14.8 Å². The fraction of sp³-hybridized carbons (Fsp3) is 0.350. The van der Waals surface area contributed by atoms with Gasteiger partial charge in [-0.2, -0.15) is 0 Å². The number of likely N-dealkylation sites (tertiary alicyclic amines) is 2. The lowest BCUT2D eigenvalue weighted by Gasteiger charge is -2.29. The van der Waals surface area contributed by atoms with E-state index in [0.717, 1.165) is 5.56 Å². The van der Waals surface area contributed by atoms with Crippen LogP contribution in [0.25, 0.3) is 0 Å². The van der Waals surface area contributed by atoms with Gasteiger partial charge in [0.15, 0.2) is 0 Å². The quantitative estimate of drug-likeness (QED) is 0.837. The molecule has 0 unspecified atom stereocenters. The molecule has 0 spiro atoms. The number of benzene rings is 1. The largest absolute Gasteiger partial charge is 0.338 e. The van der Waals surface area contributed by atoms with E-state index >= 15 is 0 Å². The highest BCUT2D eigenvalue weighted by Crippen LogP contribution is 2.45. The second kappa shape index (κ2) is 7.05. The predicted octanol–water partition coefficient (Wildman–Crippen LogP) is 2.46. The molecule has 146 valence electrons. The average molecular weight is 404 g/mol. The number of halogens is 2. The molecular weight excluding hydrogens is 385 g/mol. The summed E-state index contributed by atoms with van der Waals surface area (Å²) < 4.78 is 13.8. The SMILES string of the molecule is CC(=O)N1C[C@H]2CN(C(=O)c3c[nH]c(=O)c(Cl)c3)C[C@H]2[C@H]1c1cccc(F)c1. The van der Waals surface area contributed by atoms with Crippen molar-refractivity contribution in [1.82, 2.24) is 14.8 Å². The highest BCUT2D eigenvalue weighted by atomic mass is 35.5. The van der Waals surface area contributed by atoms with E-state index < -0.39 is 5.56 Å². The Kier molecular flexibility index (Phi) is 4.71. The van der Waals surface area contributed by atoms with Crippen LogP contribution in [0.4, 0.5) is 4.39 Å². The normalized spacial score (nSPS) is 23.8. The molecule has 2 aliphatic rings. The molecule has 2 saturated heterocycles. The molecule has 0 saturated carbocycles. The molecule has 2 aromatic rings. The fourth-order valence-corrected chi connectivity index (χ4v) is 4.59. The van der Waals surface area contributed by atoms with Crippen molar-refractivity contribution >= 4 is 23.4 Å². The Morgan fingerprint density at radius 2 is 2.00 bits per heavy atom. The van der Waals surface area contributed by atoms with Gasteiger partial charge in [0.1, 0.15) is 10.8 Å². The number of aromatic nitrogens is 1. The summed E-state index contributed by atoms with van der Waals surface area (Å²) in [6.45, 7) is 2.98. The van der Waals surface area contributed by atoms with Crippen molar-refractivity contribution in [3.8, 4) is 0 Å². The Hall–Kier alpha value is -2.67. The van der Waals surface area contributed by atoms with Gasteiger partial charge in [0.05, 0.1) is 11.6 Å². The molecular formula is C20H19ClFN3O3. The monoisotopic (exact) mass is 403 g/mol. The van der Waals surface area contributed by atoms with Gasteiger partial charge in [-0.3, -0.25) is 14.4 Å². The Labute approximate surface area is 165 Å². The maximum Gasteiger partial charge on any atom is 0.266 e. The number of fused-ring (bicyclic) bond motifs is 1. The first-order valence-corrected chi connectivity index (χ1v) is 9.43. The van der Waals surface area contributed by atoms with Crippen LogP contribution in [-0.4, -0.2) is 46.2 Å². The molecule has 0 bridgehead atoms. The molecule has 2 amide bonds. The van der Waals surface area contributed by atoms with Crippen molar-refractivity contribution in [2.75, 3.05) is 19.6 Å². The minimum absolute atomic E-state index is 0.0212. The predicted molar refractivity (Wildman–Crippen MR) is 101 cm³/mol. The van der Waals surface area contributed by atoms with Crippen molar-refractivity contribution in [2.24, 2.45) is 11.8 Å². The number of nitrogens with zero attached hydrogens (tertiary/aromatic N) is 2. The molecule has 0 aliphatic carbocycles. The molecule has 2 fully saturated rings. The summed E-state index contributed by atoms with van der Waals surface area (Å²) in [6.07, 6.45) is 1.36. The zero-order valence-electron chi connectivity index (χ0n) is 15.2. The molecule has 3 atom stereocenters. The number of nitrogens with one attached hydrogen (secondary N) is 1. The fourth-order valence-electron chi connectivity index (χ4n) is 4.41. The van der Waals surface area contributed by atoms with E-state index in [2.05, 4.69) is 4.98 Å². The third kappa shape index (κ3) is 3.20. The third-order valence-corrected chi connectivity index (χ3v) is 5.93. The number of amides is 2. The summed E-state index contributed by atoms with van der Waals surface area (Å²) in [6, 6.07) is 7.38. The van der Waals surface area contributed by atoms with E-state index in [1.165, 1.54) is 31.3 Å². The first-order chi connectivity index (χ1) is 13.3. The van der Waals surface area contributed by atoms with Gasteiger partial charge in [-0.15, -0.1) is 0 Å². The number of pyridine rings is 1. The van der Waals surface area contributed by atoms with Crippen LogP contribution in [0.5, 0.6) is 0 Å². The third-order valence-electron chi connectivity index (χ3n) is 5.65. The van der Waals surface area contributed by atoms with E-state index in [-0.39, 0.29) is 40.5 Å². The Morgan fingerprint density at radius 3 is 2.68 bits per heavy atom. The van der Waals surface area contributed by atoms with Crippen LogP contribution in [0.2, 0.25) is 5.02 Å². The molecule has 28 heavy (non-hydrogen) atoms. The molecule has 1 N–H and O–H groups in total. The van der Waals surface area contributed by atoms with E-state index in [1.54, 1.807) is 15.9 Å². The lowest BCUT2D eigenvalue weighted by molar-refractivity contribution is -0.130. The number of carbonyl (C=O) groups excluding carboxylic acids is 2. The molecule has 3 heterocycles. The minimum atomic E-state index is -0.445. The number of rotatable bonds is 2. The maximum atomic E-state index is 13.8. The molecule has 1 aromatic carbocycles. The van der Waals surface area contributed by atoms with Crippen molar-refractivity contribution < 1.29 is 14.0 Å².